The molecule has 0 fully saturated rings. The van der Waals surface area contributed by atoms with E-state index >= 15 is 0 Å². The highest BCUT2D eigenvalue weighted by Gasteiger charge is 2.21. The van der Waals surface area contributed by atoms with E-state index in [1.54, 1.807) is 7.11 Å². The number of hydrogen-bond acceptors (Lipinski definition) is 6. The van der Waals surface area contributed by atoms with E-state index in [1.807, 2.05) is 85.0 Å². The molecule has 6 heteroatoms. The van der Waals surface area contributed by atoms with Gasteiger partial charge in [0.15, 0.2) is 11.5 Å². The van der Waals surface area contributed by atoms with Gasteiger partial charge in [0.1, 0.15) is 6.61 Å². The monoisotopic (exact) mass is 460 g/mol. The average molecular weight is 461 g/mol. The van der Waals surface area contributed by atoms with Gasteiger partial charge in [-0.2, -0.15) is 5.26 Å². The lowest BCUT2D eigenvalue weighted by Gasteiger charge is -2.24. The molecular weight excluding hydrogens is 436 g/mol. The number of pyridine rings is 1. The summed E-state index contributed by atoms with van der Waals surface area (Å²) in [5, 5.41) is 10.1. The summed E-state index contributed by atoms with van der Waals surface area (Å²) in [7, 11) is 3.60. The summed E-state index contributed by atoms with van der Waals surface area (Å²) in [6.07, 6.45) is 3.76. The summed E-state index contributed by atoms with van der Waals surface area (Å²) in [5.74, 6) is 1.24. The predicted molar refractivity (Wildman–Crippen MR) is 137 cm³/mol. The summed E-state index contributed by atoms with van der Waals surface area (Å²) in [6.45, 7) is 0.868. The first-order valence-electron chi connectivity index (χ1n) is 11.2. The molecule has 0 aliphatic carbocycles. The molecule has 35 heavy (non-hydrogen) atoms. The Bertz CT molecular complexity index is 1530. The number of methoxy groups -OCH3 is 1. The largest absolute Gasteiger partial charge is 0.493 e. The number of fused-ring (bicyclic) bond motifs is 3. The second kappa shape index (κ2) is 9.36. The number of nitriles is 1. The topological polar surface area (TPSA) is 84.4 Å². The summed E-state index contributed by atoms with van der Waals surface area (Å²) in [6, 6.07) is 21.6. The number of nitrogens with zero attached hydrogens (tertiary/aromatic N) is 3. The molecule has 1 aliphatic rings. The summed E-state index contributed by atoms with van der Waals surface area (Å²) >= 11 is 0. The molecule has 0 saturated heterocycles. The quantitative estimate of drug-likeness (QED) is 0.401. The summed E-state index contributed by atoms with van der Waals surface area (Å²) < 4.78 is 11.9. The van der Waals surface area contributed by atoms with E-state index in [2.05, 4.69) is 11.8 Å². The van der Waals surface area contributed by atoms with Gasteiger partial charge in [0.05, 0.1) is 36.1 Å². The van der Waals surface area contributed by atoms with E-state index in [0.717, 1.165) is 44.4 Å². The van der Waals surface area contributed by atoms with Gasteiger partial charge < -0.3 is 20.1 Å². The third-order valence-corrected chi connectivity index (χ3v) is 6.09. The molecule has 0 atom stereocenters. The van der Waals surface area contributed by atoms with Crippen LogP contribution in [0, 0.1) is 11.3 Å². The van der Waals surface area contributed by atoms with Gasteiger partial charge in [0.25, 0.3) is 0 Å². The molecule has 5 rings (SSSR count). The molecule has 0 unspecified atom stereocenters. The molecule has 0 saturated carbocycles. The highest BCUT2D eigenvalue weighted by Crippen LogP contribution is 2.42. The van der Waals surface area contributed by atoms with Crippen LogP contribution in [-0.4, -0.2) is 19.1 Å². The van der Waals surface area contributed by atoms with Crippen LogP contribution in [0.1, 0.15) is 27.8 Å². The van der Waals surface area contributed by atoms with Crippen molar-refractivity contribution in [1.29, 1.82) is 5.26 Å². The minimum absolute atomic E-state index is 0.385. The van der Waals surface area contributed by atoms with Crippen molar-refractivity contribution in [3.63, 3.8) is 0 Å². The first-order chi connectivity index (χ1) is 17.1. The van der Waals surface area contributed by atoms with Crippen LogP contribution in [0.15, 0.2) is 78.8 Å². The molecule has 1 aliphatic heterocycles. The Morgan fingerprint density at radius 2 is 1.86 bits per heavy atom. The van der Waals surface area contributed by atoms with Crippen molar-refractivity contribution in [2.75, 3.05) is 19.1 Å². The van der Waals surface area contributed by atoms with Crippen LogP contribution in [0.3, 0.4) is 0 Å². The average Bonchev–Trinajstić information content (AvgIpc) is 2.91. The van der Waals surface area contributed by atoms with Crippen LogP contribution in [0.5, 0.6) is 11.5 Å². The second-order valence-corrected chi connectivity index (χ2v) is 8.30. The number of anilines is 1. The van der Waals surface area contributed by atoms with Crippen molar-refractivity contribution < 1.29 is 9.47 Å². The third kappa shape index (κ3) is 4.22. The SMILES string of the molecule is COc1cc2ncc3c(c2cc1OCc1cccc(CN)c1)C(c1ccc(C#N)cc1)=C=CN3C. The molecule has 0 amide bonds. The zero-order valence-electron chi connectivity index (χ0n) is 19.6. The fourth-order valence-electron chi connectivity index (χ4n) is 4.24. The van der Waals surface area contributed by atoms with Crippen LogP contribution >= 0.6 is 0 Å². The van der Waals surface area contributed by atoms with Crippen molar-refractivity contribution in [3.05, 3.63) is 107 Å². The molecule has 3 aromatic carbocycles. The van der Waals surface area contributed by atoms with Crippen molar-refractivity contribution in [2.24, 2.45) is 5.73 Å². The normalized spacial score (nSPS) is 12.2. The zero-order chi connectivity index (χ0) is 24.4. The number of nitrogens with two attached hydrogens (primary N) is 1. The van der Waals surface area contributed by atoms with Crippen LogP contribution in [0.25, 0.3) is 16.5 Å². The molecule has 172 valence electrons. The third-order valence-electron chi connectivity index (χ3n) is 6.09. The predicted octanol–water partition coefficient (Wildman–Crippen LogP) is 5.15. The van der Waals surface area contributed by atoms with Gasteiger partial charge in [-0.3, -0.25) is 4.98 Å². The smallest absolute Gasteiger partial charge is 0.162 e. The summed E-state index contributed by atoms with van der Waals surface area (Å²) in [5.41, 5.74) is 16.6. The van der Waals surface area contributed by atoms with Crippen molar-refractivity contribution in [3.8, 4) is 17.6 Å². The minimum atomic E-state index is 0.385. The van der Waals surface area contributed by atoms with Crippen molar-refractivity contribution in [2.45, 2.75) is 13.2 Å². The lowest BCUT2D eigenvalue weighted by Crippen LogP contribution is -2.14. The Labute approximate surface area is 204 Å². The zero-order valence-corrected chi connectivity index (χ0v) is 19.6. The molecule has 1 aromatic heterocycles. The Kier molecular flexibility index (Phi) is 5.95. The molecular formula is C29H24N4O2. The lowest BCUT2D eigenvalue weighted by molar-refractivity contribution is 0.285. The van der Waals surface area contributed by atoms with Gasteiger partial charge in [0, 0.05) is 42.4 Å². The van der Waals surface area contributed by atoms with E-state index in [-0.39, 0.29) is 0 Å². The van der Waals surface area contributed by atoms with Crippen LogP contribution in [-0.2, 0) is 13.2 Å². The molecule has 0 bridgehead atoms. The van der Waals surface area contributed by atoms with E-state index in [4.69, 9.17) is 20.2 Å². The van der Waals surface area contributed by atoms with Gasteiger partial charge in [-0.05, 0) is 34.9 Å². The Hall–Kier alpha value is -4.56. The van der Waals surface area contributed by atoms with Crippen LogP contribution in [0.4, 0.5) is 5.69 Å². The van der Waals surface area contributed by atoms with Crippen LogP contribution in [0.2, 0.25) is 0 Å². The molecule has 4 aromatic rings. The maximum atomic E-state index is 9.19. The number of ether oxygens (including phenoxy) is 2. The molecule has 2 N–H and O–H groups in total. The van der Waals surface area contributed by atoms with Gasteiger partial charge in [-0.1, -0.05) is 42.1 Å². The lowest BCUT2D eigenvalue weighted by atomic mass is 9.92. The first kappa shape index (κ1) is 22.2. The maximum absolute atomic E-state index is 9.19. The van der Waals surface area contributed by atoms with Crippen LogP contribution < -0.4 is 20.1 Å². The first-order valence-corrected chi connectivity index (χ1v) is 11.2. The molecule has 6 nitrogen and oxygen atoms in total. The second-order valence-electron chi connectivity index (χ2n) is 8.30. The Balaban J connectivity index is 1.62. The standard InChI is InChI=1S/C29H24N4O2/c1-33-11-10-23(22-8-6-19(15-30)7-9-22)29-24-13-28(27(34-2)14-25(24)32-17-26(29)33)35-18-21-5-3-4-20(12-21)16-31/h3-9,11-14,17H,16,18,31H2,1-2H3. The van der Waals surface area contributed by atoms with Crippen molar-refractivity contribution in [1.82, 2.24) is 4.98 Å². The van der Waals surface area contributed by atoms with E-state index in [9.17, 15) is 5.26 Å². The van der Waals surface area contributed by atoms with E-state index in [1.165, 1.54) is 0 Å². The van der Waals surface area contributed by atoms with Gasteiger partial charge in [0.2, 0.25) is 0 Å². The fourth-order valence-corrected chi connectivity index (χ4v) is 4.24. The fraction of sp³-hybridized carbons (Fsp3) is 0.138. The highest BCUT2D eigenvalue weighted by molar-refractivity contribution is 6.03. The highest BCUT2D eigenvalue weighted by atomic mass is 16.5. The molecule has 2 heterocycles. The minimum Gasteiger partial charge on any atom is -0.493 e. The maximum Gasteiger partial charge on any atom is 0.162 e. The Morgan fingerprint density at radius 1 is 1.06 bits per heavy atom. The molecule has 0 spiro atoms. The van der Waals surface area contributed by atoms with E-state index in [0.29, 0.717) is 30.2 Å². The molecule has 0 radical (unpaired) electrons. The number of hydrogen-bond donors (Lipinski definition) is 1. The van der Waals surface area contributed by atoms with Gasteiger partial charge in [-0.25, -0.2) is 0 Å². The Morgan fingerprint density at radius 3 is 2.60 bits per heavy atom. The van der Waals surface area contributed by atoms with E-state index < -0.39 is 0 Å². The van der Waals surface area contributed by atoms with Gasteiger partial charge >= 0.3 is 0 Å². The summed E-state index contributed by atoms with van der Waals surface area (Å²) in [4.78, 5) is 6.69. The number of aromatic nitrogens is 1. The number of rotatable bonds is 6. The van der Waals surface area contributed by atoms with Gasteiger partial charge in [-0.15, -0.1) is 0 Å². The number of benzene rings is 3. The van der Waals surface area contributed by atoms with Crippen molar-refractivity contribution >= 4 is 22.2 Å².